The Balaban J connectivity index is 0.000000646. The second-order valence-electron chi connectivity index (χ2n) is 10.6. The summed E-state index contributed by atoms with van der Waals surface area (Å²) >= 11 is 0. The number of hydrogen-bond donors (Lipinski definition) is 3. The Morgan fingerprint density at radius 2 is 1.42 bits per heavy atom. The standard InChI is InChI=1S/C30H35F2N3O.C2HF3O2/c1-4-33-30(36)35-14-13-28(34-18-22-16-20(2)15-21(3)17-22)27(19-35)29(23-5-9-25(31)10-6-23)24-7-11-26(32)12-8-24;3-2(4,5)1(6)7/h5-12,15-17,27-29,34H,4,13-14,18-19H2,1-3H3,(H,33,36);(H,6,7)/t27-,28+;/m1./s1. The first-order chi connectivity index (χ1) is 20.3. The Kier molecular flexibility index (Phi) is 11.7. The maximum absolute atomic E-state index is 13.8. The fraction of sp³-hybridized carbons (Fsp3) is 0.375. The molecule has 0 saturated carbocycles. The number of carbonyl (C=O) groups is 2. The number of halogens is 5. The van der Waals surface area contributed by atoms with E-state index in [1.54, 1.807) is 24.3 Å². The molecule has 6 nitrogen and oxygen atoms in total. The Bertz CT molecular complexity index is 1300. The minimum absolute atomic E-state index is 0.00295. The summed E-state index contributed by atoms with van der Waals surface area (Å²) in [6.45, 7) is 8.57. The van der Waals surface area contributed by atoms with Crippen molar-refractivity contribution in [1.82, 2.24) is 15.5 Å². The van der Waals surface area contributed by atoms with Crippen LogP contribution >= 0.6 is 0 Å². The van der Waals surface area contributed by atoms with Gasteiger partial charge in [0.15, 0.2) is 0 Å². The van der Waals surface area contributed by atoms with Gasteiger partial charge in [-0.15, -0.1) is 0 Å². The van der Waals surface area contributed by atoms with Crippen molar-refractivity contribution in [2.24, 2.45) is 5.92 Å². The van der Waals surface area contributed by atoms with E-state index in [0.717, 1.165) is 17.5 Å². The van der Waals surface area contributed by atoms with Gasteiger partial charge in [0.1, 0.15) is 11.6 Å². The van der Waals surface area contributed by atoms with Crippen LogP contribution in [0.25, 0.3) is 0 Å². The van der Waals surface area contributed by atoms with Gasteiger partial charge in [-0.3, -0.25) is 0 Å². The Labute approximate surface area is 247 Å². The predicted molar refractivity (Wildman–Crippen MR) is 154 cm³/mol. The number of likely N-dealkylation sites (tertiary alicyclic amines) is 1. The van der Waals surface area contributed by atoms with Crippen LogP contribution in [0.3, 0.4) is 0 Å². The van der Waals surface area contributed by atoms with Crippen LogP contribution in [0.5, 0.6) is 0 Å². The first-order valence-electron chi connectivity index (χ1n) is 13.9. The van der Waals surface area contributed by atoms with Crippen LogP contribution in [0.15, 0.2) is 66.7 Å². The van der Waals surface area contributed by atoms with Crippen molar-refractivity contribution in [2.45, 2.75) is 51.9 Å². The molecule has 0 aliphatic carbocycles. The van der Waals surface area contributed by atoms with Crippen molar-refractivity contribution in [3.8, 4) is 0 Å². The van der Waals surface area contributed by atoms with E-state index in [0.29, 0.717) is 26.2 Å². The number of nitrogens with zero attached hydrogens (tertiary/aromatic N) is 1. The summed E-state index contributed by atoms with van der Waals surface area (Å²) in [7, 11) is 0. The van der Waals surface area contributed by atoms with Crippen molar-refractivity contribution in [1.29, 1.82) is 0 Å². The molecule has 3 aromatic rings. The highest BCUT2D eigenvalue weighted by Gasteiger charge is 2.39. The van der Waals surface area contributed by atoms with E-state index in [1.807, 2.05) is 11.8 Å². The molecule has 1 aliphatic heterocycles. The van der Waals surface area contributed by atoms with Crippen LogP contribution < -0.4 is 10.6 Å². The smallest absolute Gasteiger partial charge is 0.475 e. The third kappa shape index (κ3) is 9.77. The molecule has 3 aromatic carbocycles. The molecule has 0 aromatic heterocycles. The van der Waals surface area contributed by atoms with Gasteiger partial charge in [0.25, 0.3) is 0 Å². The average Bonchev–Trinajstić information content (AvgIpc) is 2.94. The first-order valence-corrected chi connectivity index (χ1v) is 13.9. The minimum atomic E-state index is -5.08. The maximum Gasteiger partial charge on any atom is 0.490 e. The summed E-state index contributed by atoms with van der Waals surface area (Å²) in [6, 6.07) is 19.6. The predicted octanol–water partition coefficient (Wildman–Crippen LogP) is 6.56. The van der Waals surface area contributed by atoms with Crippen molar-refractivity contribution in [3.05, 3.63) is 106 Å². The molecule has 0 radical (unpaired) electrons. The molecule has 0 spiro atoms. The Morgan fingerprint density at radius 1 is 0.930 bits per heavy atom. The zero-order valence-corrected chi connectivity index (χ0v) is 24.2. The van der Waals surface area contributed by atoms with Gasteiger partial charge >= 0.3 is 18.2 Å². The van der Waals surface area contributed by atoms with Gasteiger partial charge in [0, 0.05) is 44.1 Å². The van der Waals surface area contributed by atoms with E-state index in [-0.39, 0.29) is 35.5 Å². The molecule has 1 saturated heterocycles. The fourth-order valence-corrected chi connectivity index (χ4v) is 5.47. The lowest BCUT2D eigenvalue weighted by molar-refractivity contribution is -0.192. The topological polar surface area (TPSA) is 81.7 Å². The van der Waals surface area contributed by atoms with E-state index < -0.39 is 12.1 Å². The van der Waals surface area contributed by atoms with E-state index in [4.69, 9.17) is 9.90 Å². The molecule has 0 bridgehead atoms. The molecule has 43 heavy (non-hydrogen) atoms. The van der Waals surface area contributed by atoms with Crippen LogP contribution in [-0.2, 0) is 11.3 Å². The summed E-state index contributed by atoms with van der Waals surface area (Å²) in [5.74, 6) is -3.49. The van der Waals surface area contributed by atoms with E-state index in [9.17, 15) is 26.7 Å². The summed E-state index contributed by atoms with van der Waals surface area (Å²) in [6.07, 6.45) is -4.30. The number of alkyl halides is 3. The number of rotatable bonds is 7. The Hall–Kier alpha value is -3.99. The Morgan fingerprint density at radius 3 is 1.86 bits per heavy atom. The van der Waals surface area contributed by atoms with E-state index >= 15 is 0 Å². The number of amides is 2. The molecular weight excluding hydrogens is 569 g/mol. The van der Waals surface area contributed by atoms with E-state index in [2.05, 4.69) is 42.7 Å². The monoisotopic (exact) mass is 605 g/mol. The molecule has 1 fully saturated rings. The third-order valence-corrected chi connectivity index (χ3v) is 7.25. The number of piperidine rings is 1. The molecule has 4 rings (SSSR count). The summed E-state index contributed by atoms with van der Waals surface area (Å²) in [5, 5.41) is 13.8. The normalized spacial score (nSPS) is 16.8. The SMILES string of the molecule is CCNC(=O)N1CC[C@H](NCc2cc(C)cc(C)c2)[C@H](C(c2ccc(F)cc2)c2ccc(F)cc2)C1.O=C(O)C(F)(F)F. The number of carboxylic acid groups (broad SMARTS) is 1. The van der Waals surface area contributed by atoms with Crippen molar-refractivity contribution in [2.75, 3.05) is 19.6 Å². The minimum Gasteiger partial charge on any atom is -0.475 e. The second kappa shape index (κ2) is 15.0. The van der Waals surface area contributed by atoms with Crippen LogP contribution in [0.4, 0.5) is 26.7 Å². The molecule has 1 heterocycles. The molecule has 232 valence electrons. The second-order valence-corrected chi connectivity index (χ2v) is 10.6. The van der Waals surface area contributed by atoms with E-state index in [1.165, 1.54) is 41.0 Å². The number of urea groups is 1. The van der Waals surface area contributed by atoms with Crippen molar-refractivity contribution >= 4 is 12.0 Å². The number of carbonyl (C=O) groups excluding carboxylic acids is 1. The van der Waals surface area contributed by atoms with Gasteiger partial charge in [0.2, 0.25) is 0 Å². The van der Waals surface area contributed by atoms with Gasteiger partial charge in [0.05, 0.1) is 0 Å². The number of benzene rings is 3. The van der Waals surface area contributed by atoms with Gasteiger partial charge in [-0.05, 0) is 68.1 Å². The van der Waals surface area contributed by atoms with Gasteiger partial charge in [-0.25, -0.2) is 18.4 Å². The zero-order chi connectivity index (χ0) is 31.7. The van der Waals surface area contributed by atoms with Gasteiger partial charge in [-0.2, -0.15) is 13.2 Å². The number of hydrogen-bond acceptors (Lipinski definition) is 3. The van der Waals surface area contributed by atoms with Gasteiger partial charge < -0.3 is 20.6 Å². The van der Waals surface area contributed by atoms with Crippen LogP contribution in [-0.4, -0.2) is 53.9 Å². The van der Waals surface area contributed by atoms with Crippen molar-refractivity contribution < 1.29 is 36.6 Å². The molecule has 3 N–H and O–H groups in total. The first kappa shape index (κ1) is 33.5. The highest BCUT2D eigenvalue weighted by Crippen LogP contribution is 2.38. The molecule has 2 atom stereocenters. The zero-order valence-electron chi connectivity index (χ0n) is 24.2. The van der Waals surface area contributed by atoms with Gasteiger partial charge in [-0.1, -0.05) is 53.6 Å². The quantitative estimate of drug-likeness (QED) is 0.267. The summed E-state index contributed by atoms with van der Waals surface area (Å²) in [5.41, 5.74) is 5.57. The number of nitrogens with one attached hydrogen (secondary N) is 2. The van der Waals surface area contributed by atoms with Crippen LogP contribution in [0, 0.1) is 31.4 Å². The molecular formula is C32H36F5N3O3. The van der Waals surface area contributed by atoms with Crippen LogP contribution in [0.1, 0.15) is 47.1 Å². The highest BCUT2D eigenvalue weighted by molar-refractivity contribution is 5.74. The number of aliphatic carboxylic acids is 1. The lowest BCUT2D eigenvalue weighted by Crippen LogP contribution is -2.54. The highest BCUT2D eigenvalue weighted by atomic mass is 19.4. The third-order valence-electron chi connectivity index (χ3n) is 7.25. The molecule has 1 aliphatic rings. The summed E-state index contributed by atoms with van der Waals surface area (Å²) in [4.78, 5) is 23.5. The number of carboxylic acids is 1. The average molecular weight is 606 g/mol. The summed E-state index contributed by atoms with van der Waals surface area (Å²) < 4.78 is 59.4. The lowest BCUT2D eigenvalue weighted by Gasteiger charge is -2.43. The lowest BCUT2D eigenvalue weighted by atomic mass is 9.74. The molecule has 0 unspecified atom stereocenters. The number of aryl methyl sites for hydroxylation is 2. The maximum atomic E-state index is 13.8. The fourth-order valence-electron chi connectivity index (χ4n) is 5.47. The molecule has 2 amide bonds. The van der Waals surface area contributed by atoms with Crippen LogP contribution in [0.2, 0.25) is 0 Å². The molecule has 11 heteroatoms. The van der Waals surface area contributed by atoms with Crippen molar-refractivity contribution in [3.63, 3.8) is 0 Å². The largest absolute Gasteiger partial charge is 0.490 e.